The van der Waals surface area contributed by atoms with Gasteiger partial charge in [-0.1, -0.05) is 30.3 Å². The molecule has 2 aromatic carbocycles. The third-order valence-electron chi connectivity index (χ3n) is 3.59. The van der Waals surface area contributed by atoms with E-state index in [1.54, 1.807) is 35.6 Å². The standard InChI is InChI=1S/C18H15F7N2OS/c1-11-7-13(19)14(8-15(11)29(28)10-17(20,21)22)27-16(18(23,24)25)26-9-12-5-3-2-4-6-12/h2-8H,9-10H2,1H3,(H,26,27). The maximum Gasteiger partial charge on any atom is 0.449 e. The molecule has 0 aliphatic carbocycles. The molecule has 1 unspecified atom stereocenters. The molecule has 0 bridgehead atoms. The fourth-order valence-corrected chi connectivity index (χ4v) is 3.42. The van der Waals surface area contributed by atoms with Crippen LogP contribution in [0.5, 0.6) is 0 Å². The predicted octanol–water partition coefficient (Wildman–Crippen LogP) is 5.38. The summed E-state index contributed by atoms with van der Waals surface area (Å²) >= 11 is 0. The average molecular weight is 440 g/mol. The van der Waals surface area contributed by atoms with Gasteiger partial charge in [0.05, 0.1) is 23.0 Å². The molecule has 0 saturated carbocycles. The molecular weight excluding hydrogens is 425 g/mol. The second kappa shape index (κ2) is 8.93. The van der Waals surface area contributed by atoms with E-state index in [-0.39, 0.29) is 12.1 Å². The second-order valence-corrected chi connectivity index (χ2v) is 7.40. The van der Waals surface area contributed by atoms with Crippen LogP contribution in [0.1, 0.15) is 11.1 Å². The molecular formula is C18H15F7N2OS. The summed E-state index contributed by atoms with van der Waals surface area (Å²) in [5.74, 6) is -4.38. The van der Waals surface area contributed by atoms with Gasteiger partial charge in [-0.2, -0.15) is 26.3 Å². The van der Waals surface area contributed by atoms with Crippen molar-refractivity contribution in [2.45, 2.75) is 30.7 Å². The van der Waals surface area contributed by atoms with Gasteiger partial charge in [0, 0.05) is 4.90 Å². The zero-order valence-electron chi connectivity index (χ0n) is 14.9. The summed E-state index contributed by atoms with van der Waals surface area (Å²) in [6.45, 7) is 0.855. The van der Waals surface area contributed by atoms with Gasteiger partial charge in [-0.3, -0.25) is 9.20 Å². The van der Waals surface area contributed by atoms with E-state index in [9.17, 15) is 34.9 Å². The van der Waals surface area contributed by atoms with Gasteiger partial charge in [-0.15, -0.1) is 0 Å². The monoisotopic (exact) mass is 440 g/mol. The van der Waals surface area contributed by atoms with Gasteiger partial charge in [0.1, 0.15) is 11.6 Å². The van der Waals surface area contributed by atoms with E-state index in [4.69, 9.17) is 0 Å². The molecule has 3 nitrogen and oxygen atoms in total. The first kappa shape index (κ1) is 22.9. The van der Waals surface area contributed by atoms with Gasteiger partial charge in [0.25, 0.3) is 0 Å². The fourth-order valence-electron chi connectivity index (χ4n) is 2.30. The fraction of sp³-hybridized carbons (Fsp3) is 0.278. The first-order valence-corrected chi connectivity index (χ1v) is 9.36. The molecule has 0 heterocycles. The molecule has 0 fully saturated rings. The minimum absolute atomic E-state index is 0.0783. The van der Waals surface area contributed by atoms with Crippen molar-refractivity contribution in [3.05, 3.63) is 59.4 Å². The minimum Gasteiger partial charge on any atom is -0.334 e. The van der Waals surface area contributed by atoms with Crippen molar-refractivity contribution < 1.29 is 34.9 Å². The van der Waals surface area contributed by atoms with Crippen LogP contribution in [0.4, 0.5) is 36.4 Å². The van der Waals surface area contributed by atoms with Crippen LogP contribution in [0.3, 0.4) is 0 Å². The Bertz CT molecular complexity index is 909. The molecule has 29 heavy (non-hydrogen) atoms. The van der Waals surface area contributed by atoms with Gasteiger partial charge in [-0.05, 0) is 30.2 Å². The highest BCUT2D eigenvalue weighted by Gasteiger charge is 2.37. The second-order valence-electron chi connectivity index (χ2n) is 5.98. The van der Waals surface area contributed by atoms with E-state index in [0.29, 0.717) is 11.6 Å². The Balaban J connectivity index is 2.35. The van der Waals surface area contributed by atoms with Gasteiger partial charge >= 0.3 is 12.4 Å². The number of aryl methyl sites for hydroxylation is 1. The zero-order valence-corrected chi connectivity index (χ0v) is 15.7. The first-order chi connectivity index (χ1) is 13.4. The molecule has 0 aliphatic rings. The number of hydrogen-bond acceptors (Lipinski definition) is 2. The predicted molar refractivity (Wildman–Crippen MR) is 95.7 cm³/mol. The van der Waals surface area contributed by atoms with Crippen LogP contribution in [0.25, 0.3) is 0 Å². The number of benzene rings is 2. The van der Waals surface area contributed by atoms with Crippen LogP contribution in [0.2, 0.25) is 0 Å². The Hall–Kier alpha value is -2.43. The summed E-state index contributed by atoms with van der Waals surface area (Å²) in [4.78, 5) is 3.00. The van der Waals surface area contributed by atoms with Gasteiger partial charge < -0.3 is 5.32 Å². The molecule has 2 rings (SSSR count). The summed E-state index contributed by atoms with van der Waals surface area (Å²) in [5, 5.41) is 1.78. The van der Waals surface area contributed by atoms with E-state index in [1.165, 1.54) is 6.92 Å². The molecule has 0 spiro atoms. The molecule has 11 heteroatoms. The highest BCUT2D eigenvalue weighted by Crippen LogP contribution is 2.28. The molecule has 0 saturated heterocycles. The van der Waals surface area contributed by atoms with Crippen molar-refractivity contribution in [1.82, 2.24) is 0 Å². The van der Waals surface area contributed by atoms with Gasteiger partial charge in [0.15, 0.2) is 0 Å². The average Bonchev–Trinajstić information content (AvgIpc) is 2.58. The van der Waals surface area contributed by atoms with Crippen molar-refractivity contribution in [2.75, 3.05) is 11.1 Å². The lowest BCUT2D eigenvalue weighted by molar-refractivity contribution is -0.105. The Kier molecular flexibility index (Phi) is 7.04. The van der Waals surface area contributed by atoms with E-state index in [1.807, 2.05) is 0 Å². The number of aliphatic imine (C=N–C) groups is 1. The summed E-state index contributed by atoms with van der Waals surface area (Å²) < 4.78 is 103. The Morgan fingerprint density at radius 2 is 1.69 bits per heavy atom. The van der Waals surface area contributed by atoms with E-state index >= 15 is 0 Å². The van der Waals surface area contributed by atoms with Crippen molar-refractivity contribution in [3.8, 4) is 0 Å². The number of nitrogens with one attached hydrogen (secondary N) is 1. The number of hydrogen-bond donors (Lipinski definition) is 1. The molecule has 0 radical (unpaired) electrons. The zero-order chi connectivity index (χ0) is 21.8. The Labute approximate surface area is 164 Å². The lowest BCUT2D eigenvalue weighted by atomic mass is 10.2. The number of anilines is 1. The topological polar surface area (TPSA) is 41.5 Å². The molecule has 0 aromatic heterocycles. The van der Waals surface area contributed by atoms with Crippen LogP contribution in [0, 0.1) is 12.7 Å². The largest absolute Gasteiger partial charge is 0.449 e. The maximum absolute atomic E-state index is 14.1. The third-order valence-corrected chi connectivity index (χ3v) is 5.11. The van der Waals surface area contributed by atoms with E-state index in [0.717, 1.165) is 6.07 Å². The van der Waals surface area contributed by atoms with E-state index < -0.39 is 51.1 Å². The lowest BCUT2D eigenvalue weighted by Crippen LogP contribution is -2.31. The van der Waals surface area contributed by atoms with Gasteiger partial charge in [-0.25, -0.2) is 4.39 Å². The van der Waals surface area contributed by atoms with Gasteiger partial charge in [0.2, 0.25) is 5.84 Å². The van der Waals surface area contributed by atoms with Crippen molar-refractivity contribution in [2.24, 2.45) is 4.99 Å². The number of rotatable bonds is 5. The Morgan fingerprint density at radius 1 is 1.07 bits per heavy atom. The molecule has 1 atom stereocenters. The highest BCUT2D eigenvalue weighted by molar-refractivity contribution is 7.85. The summed E-state index contributed by atoms with van der Waals surface area (Å²) in [6, 6.07) is 9.36. The van der Waals surface area contributed by atoms with Crippen molar-refractivity contribution in [1.29, 1.82) is 0 Å². The molecule has 0 amide bonds. The number of halogens is 7. The maximum atomic E-state index is 14.1. The SMILES string of the molecule is Cc1cc(F)c(NC(=NCc2ccccc2)C(F)(F)F)cc1S(=O)CC(F)(F)F. The quantitative estimate of drug-likeness (QED) is 0.386. The van der Waals surface area contributed by atoms with Crippen LogP contribution >= 0.6 is 0 Å². The van der Waals surface area contributed by atoms with Crippen LogP contribution < -0.4 is 5.32 Å². The van der Waals surface area contributed by atoms with Crippen molar-refractivity contribution in [3.63, 3.8) is 0 Å². The number of nitrogens with zero attached hydrogens (tertiary/aromatic N) is 1. The summed E-state index contributed by atoms with van der Waals surface area (Å²) in [6.07, 6.45) is -9.73. The normalized spacial score (nSPS) is 14.0. The van der Waals surface area contributed by atoms with Crippen molar-refractivity contribution >= 4 is 22.3 Å². The van der Waals surface area contributed by atoms with Crippen LogP contribution in [0.15, 0.2) is 52.4 Å². The smallest absolute Gasteiger partial charge is 0.334 e. The van der Waals surface area contributed by atoms with Crippen LogP contribution in [-0.2, 0) is 17.3 Å². The Morgan fingerprint density at radius 3 is 2.24 bits per heavy atom. The minimum atomic E-state index is -4.97. The van der Waals surface area contributed by atoms with E-state index in [2.05, 4.69) is 4.99 Å². The van der Waals surface area contributed by atoms with Crippen LogP contribution in [-0.4, -0.2) is 28.1 Å². The summed E-state index contributed by atoms with van der Waals surface area (Å²) in [5.41, 5.74) is -0.386. The number of amidine groups is 1. The third kappa shape index (κ3) is 6.84. The molecule has 0 aliphatic heterocycles. The highest BCUT2D eigenvalue weighted by atomic mass is 32.2. The molecule has 158 valence electrons. The number of alkyl halides is 6. The first-order valence-electron chi connectivity index (χ1n) is 8.04. The lowest BCUT2D eigenvalue weighted by Gasteiger charge is -2.16. The summed E-state index contributed by atoms with van der Waals surface area (Å²) in [7, 11) is -2.61. The molecule has 2 aromatic rings. The molecule has 1 N–H and O–H groups in total.